The molecule has 0 heterocycles. The van der Waals surface area contributed by atoms with Crippen LogP contribution in [0.2, 0.25) is 0 Å². The van der Waals surface area contributed by atoms with E-state index in [0.29, 0.717) is 4.47 Å². The minimum Gasteiger partial charge on any atom is -0.310 e. The molecule has 0 saturated carbocycles. The molecule has 1 aromatic carbocycles. The van der Waals surface area contributed by atoms with Crippen molar-refractivity contribution in [3.05, 3.63) is 34.1 Å². The fourth-order valence-corrected chi connectivity index (χ4v) is 1.72. The second-order valence-corrected chi connectivity index (χ2v) is 4.05. The lowest BCUT2D eigenvalue weighted by molar-refractivity contribution is 0.530. The molecule has 0 aliphatic carbocycles. The zero-order valence-electron chi connectivity index (χ0n) is 8.48. The average Bonchev–Trinajstić information content (AvgIpc) is 2.19. The number of hydrogen-bond acceptors (Lipinski definition) is 1. The zero-order chi connectivity index (χ0) is 10.6. The summed E-state index contributed by atoms with van der Waals surface area (Å²) < 4.78 is 13.8. The highest BCUT2D eigenvalue weighted by molar-refractivity contribution is 9.10. The molecule has 0 radical (unpaired) electrons. The largest absolute Gasteiger partial charge is 0.310 e. The quantitative estimate of drug-likeness (QED) is 0.871. The van der Waals surface area contributed by atoms with E-state index < -0.39 is 0 Å². The number of benzene rings is 1. The maximum Gasteiger partial charge on any atom is 0.137 e. The van der Waals surface area contributed by atoms with Gasteiger partial charge in [-0.25, -0.2) is 4.39 Å². The predicted molar refractivity (Wildman–Crippen MR) is 60.8 cm³/mol. The van der Waals surface area contributed by atoms with Gasteiger partial charge in [-0.3, -0.25) is 0 Å². The van der Waals surface area contributed by atoms with Gasteiger partial charge >= 0.3 is 0 Å². The molecule has 0 spiro atoms. The van der Waals surface area contributed by atoms with E-state index in [9.17, 15) is 4.39 Å². The maximum absolute atomic E-state index is 13.2. The number of rotatable bonds is 4. The lowest BCUT2D eigenvalue weighted by Gasteiger charge is -2.16. The Morgan fingerprint density at radius 2 is 2.14 bits per heavy atom. The molecule has 14 heavy (non-hydrogen) atoms. The van der Waals surface area contributed by atoms with Gasteiger partial charge in [0.1, 0.15) is 5.82 Å². The van der Waals surface area contributed by atoms with Crippen LogP contribution in [0.1, 0.15) is 31.9 Å². The molecule has 0 saturated heterocycles. The Hall–Kier alpha value is -0.410. The van der Waals surface area contributed by atoms with Crippen LogP contribution in [-0.4, -0.2) is 6.54 Å². The van der Waals surface area contributed by atoms with Crippen molar-refractivity contribution < 1.29 is 4.39 Å². The van der Waals surface area contributed by atoms with Gasteiger partial charge < -0.3 is 5.32 Å². The number of nitrogens with one attached hydrogen (secondary N) is 1. The van der Waals surface area contributed by atoms with Gasteiger partial charge in [0.05, 0.1) is 4.47 Å². The standard InChI is InChI=1S/C11H15BrFN/c1-3-11(14-4-2)8-5-6-9(12)10(13)7-8/h5-7,11,14H,3-4H2,1-2H3. The van der Waals surface area contributed by atoms with Gasteiger partial charge in [-0.15, -0.1) is 0 Å². The molecule has 1 unspecified atom stereocenters. The van der Waals surface area contributed by atoms with Crippen molar-refractivity contribution in [1.82, 2.24) is 5.32 Å². The predicted octanol–water partition coefficient (Wildman–Crippen LogP) is 3.65. The average molecular weight is 260 g/mol. The summed E-state index contributed by atoms with van der Waals surface area (Å²) in [6.45, 7) is 5.04. The summed E-state index contributed by atoms with van der Waals surface area (Å²) in [6.07, 6.45) is 0.967. The van der Waals surface area contributed by atoms with Gasteiger partial charge in [-0.2, -0.15) is 0 Å². The molecule has 0 aromatic heterocycles. The molecule has 0 aliphatic heterocycles. The van der Waals surface area contributed by atoms with Crippen LogP contribution in [-0.2, 0) is 0 Å². The molecular formula is C11H15BrFN. The first-order valence-electron chi connectivity index (χ1n) is 4.87. The third-order valence-corrected chi connectivity index (χ3v) is 2.85. The molecular weight excluding hydrogens is 245 g/mol. The Balaban J connectivity index is 2.88. The van der Waals surface area contributed by atoms with Crippen molar-refractivity contribution in [2.75, 3.05) is 6.54 Å². The summed E-state index contributed by atoms with van der Waals surface area (Å²) in [6, 6.07) is 5.54. The Labute approximate surface area is 92.8 Å². The molecule has 3 heteroatoms. The Morgan fingerprint density at radius 1 is 1.43 bits per heavy atom. The van der Waals surface area contributed by atoms with Gasteiger partial charge in [-0.05, 0) is 46.6 Å². The highest BCUT2D eigenvalue weighted by Crippen LogP contribution is 2.22. The molecule has 1 nitrogen and oxygen atoms in total. The molecule has 1 aromatic rings. The Bertz CT molecular complexity index is 301. The van der Waals surface area contributed by atoms with Crippen molar-refractivity contribution in [2.45, 2.75) is 26.3 Å². The van der Waals surface area contributed by atoms with Crippen LogP contribution in [0.15, 0.2) is 22.7 Å². The number of halogens is 2. The van der Waals surface area contributed by atoms with Gasteiger partial charge in [0, 0.05) is 6.04 Å². The van der Waals surface area contributed by atoms with Gasteiger partial charge in [0.15, 0.2) is 0 Å². The lowest BCUT2D eigenvalue weighted by Crippen LogP contribution is -2.20. The maximum atomic E-state index is 13.2. The first kappa shape index (κ1) is 11.7. The van der Waals surface area contributed by atoms with Crippen molar-refractivity contribution >= 4 is 15.9 Å². The summed E-state index contributed by atoms with van der Waals surface area (Å²) in [5, 5.41) is 3.31. The summed E-state index contributed by atoms with van der Waals surface area (Å²) in [7, 11) is 0. The lowest BCUT2D eigenvalue weighted by atomic mass is 10.0. The molecule has 78 valence electrons. The van der Waals surface area contributed by atoms with Crippen molar-refractivity contribution in [2.24, 2.45) is 0 Å². The van der Waals surface area contributed by atoms with Crippen LogP contribution in [0, 0.1) is 5.82 Å². The molecule has 1 N–H and O–H groups in total. The van der Waals surface area contributed by atoms with Gasteiger partial charge in [0.25, 0.3) is 0 Å². The second-order valence-electron chi connectivity index (χ2n) is 3.19. The first-order chi connectivity index (χ1) is 6.69. The van der Waals surface area contributed by atoms with Gasteiger partial charge in [0.2, 0.25) is 0 Å². The van der Waals surface area contributed by atoms with Crippen LogP contribution >= 0.6 is 15.9 Å². The summed E-state index contributed by atoms with van der Waals surface area (Å²) in [4.78, 5) is 0. The highest BCUT2D eigenvalue weighted by atomic mass is 79.9. The molecule has 1 rings (SSSR count). The van der Waals surface area contributed by atoms with E-state index in [1.807, 2.05) is 6.07 Å². The van der Waals surface area contributed by atoms with Crippen LogP contribution in [0.25, 0.3) is 0 Å². The Morgan fingerprint density at radius 3 is 2.64 bits per heavy atom. The molecule has 0 fully saturated rings. The Kier molecular flexibility index (Phi) is 4.55. The summed E-state index contributed by atoms with van der Waals surface area (Å²) in [5.41, 5.74) is 1.01. The van der Waals surface area contributed by atoms with Crippen molar-refractivity contribution in [3.63, 3.8) is 0 Å². The van der Waals surface area contributed by atoms with Crippen molar-refractivity contribution in [1.29, 1.82) is 0 Å². The minimum absolute atomic E-state index is 0.196. The molecule has 0 aliphatic rings. The third kappa shape index (κ3) is 2.79. The molecule has 0 amide bonds. The number of hydrogen-bond donors (Lipinski definition) is 1. The van der Waals surface area contributed by atoms with E-state index in [0.717, 1.165) is 18.5 Å². The summed E-state index contributed by atoms with van der Waals surface area (Å²) >= 11 is 3.14. The zero-order valence-corrected chi connectivity index (χ0v) is 10.1. The fraction of sp³-hybridized carbons (Fsp3) is 0.455. The fourth-order valence-electron chi connectivity index (χ4n) is 1.47. The van der Waals surface area contributed by atoms with E-state index in [1.165, 1.54) is 0 Å². The van der Waals surface area contributed by atoms with E-state index in [1.54, 1.807) is 12.1 Å². The third-order valence-electron chi connectivity index (χ3n) is 2.20. The van der Waals surface area contributed by atoms with E-state index in [4.69, 9.17) is 0 Å². The first-order valence-corrected chi connectivity index (χ1v) is 5.66. The monoisotopic (exact) mass is 259 g/mol. The topological polar surface area (TPSA) is 12.0 Å². The van der Waals surface area contributed by atoms with Crippen LogP contribution in [0.4, 0.5) is 4.39 Å². The van der Waals surface area contributed by atoms with Crippen molar-refractivity contribution in [3.8, 4) is 0 Å². The van der Waals surface area contributed by atoms with Gasteiger partial charge in [-0.1, -0.05) is 19.9 Å². The highest BCUT2D eigenvalue weighted by Gasteiger charge is 2.09. The normalized spacial score (nSPS) is 12.9. The van der Waals surface area contributed by atoms with Crippen LogP contribution in [0.3, 0.4) is 0 Å². The smallest absolute Gasteiger partial charge is 0.137 e. The van der Waals surface area contributed by atoms with Crippen LogP contribution in [0.5, 0.6) is 0 Å². The summed E-state index contributed by atoms with van der Waals surface area (Å²) in [5.74, 6) is -0.196. The van der Waals surface area contributed by atoms with Crippen LogP contribution < -0.4 is 5.32 Å². The molecule has 0 bridgehead atoms. The van der Waals surface area contributed by atoms with E-state index in [-0.39, 0.29) is 11.9 Å². The second kappa shape index (κ2) is 5.47. The van der Waals surface area contributed by atoms with E-state index in [2.05, 4.69) is 35.1 Å². The minimum atomic E-state index is -0.196. The van der Waals surface area contributed by atoms with E-state index >= 15 is 0 Å². The SMILES string of the molecule is CCNC(CC)c1ccc(Br)c(F)c1. The molecule has 1 atom stereocenters.